The SMILES string of the molecule is CCCN(C1C(N)C(=O)N(CC)N1CC)N1CC=NC1. The number of amides is 1. The summed E-state index contributed by atoms with van der Waals surface area (Å²) in [6, 6.07) is -0.498. The van der Waals surface area contributed by atoms with E-state index in [9.17, 15) is 4.79 Å². The minimum Gasteiger partial charge on any atom is -0.317 e. The molecule has 0 radical (unpaired) electrons. The van der Waals surface area contributed by atoms with E-state index < -0.39 is 6.04 Å². The Morgan fingerprint density at radius 3 is 2.65 bits per heavy atom. The molecule has 0 aliphatic carbocycles. The van der Waals surface area contributed by atoms with E-state index in [2.05, 4.69) is 33.9 Å². The third-order valence-electron chi connectivity index (χ3n) is 3.89. The maximum atomic E-state index is 12.3. The number of hydrogen-bond donors (Lipinski definition) is 1. The van der Waals surface area contributed by atoms with Gasteiger partial charge in [-0.3, -0.25) is 14.8 Å². The Labute approximate surface area is 120 Å². The molecule has 0 spiro atoms. The van der Waals surface area contributed by atoms with Gasteiger partial charge >= 0.3 is 0 Å². The third-order valence-corrected chi connectivity index (χ3v) is 3.89. The Bertz CT molecular complexity index is 366. The van der Waals surface area contributed by atoms with Crippen LogP contribution < -0.4 is 5.73 Å². The van der Waals surface area contributed by atoms with E-state index in [1.165, 1.54) is 0 Å². The van der Waals surface area contributed by atoms with Crippen molar-refractivity contribution in [2.75, 3.05) is 32.8 Å². The average molecular weight is 282 g/mol. The number of nitrogens with two attached hydrogens (primary N) is 1. The predicted molar refractivity (Wildman–Crippen MR) is 78.6 cm³/mol. The molecule has 0 aromatic carbocycles. The number of hydrazine groups is 2. The van der Waals surface area contributed by atoms with Crippen LogP contribution in [-0.2, 0) is 4.79 Å². The Hall–Kier alpha value is -1.02. The fraction of sp³-hybridized carbons (Fsp3) is 0.846. The lowest BCUT2D eigenvalue weighted by molar-refractivity contribution is -0.150. The standard InChI is InChI=1S/C13H26N6O/c1-4-8-19(16-9-7-15-10-16)12-11(14)13(20)18(6-3)17(12)5-2/h7,11-12H,4-6,8-10,14H2,1-3H3. The summed E-state index contributed by atoms with van der Waals surface area (Å²) in [5, 5.41) is 8.24. The summed E-state index contributed by atoms with van der Waals surface area (Å²) in [6.07, 6.45) is 2.82. The van der Waals surface area contributed by atoms with E-state index >= 15 is 0 Å². The molecule has 2 aliphatic heterocycles. The van der Waals surface area contributed by atoms with Crippen LogP contribution in [-0.4, -0.2) is 77.2 Å². The van der Waals surface area contributed by atoms with E-state index in [0.717, 1.165) is 26.1 Å². The zero-order valence-corrected chi connectivity index (χ0v) is 12.7. The van der Waals surface area contributed by atoms with Crippen molar-refractivity contribution in [3.8, 4) is 0 Å². The molecular weight excluding hydrogens is 256 g/mol. The highest BCUT2D eigenvalue weighted by Crippen LogP contribution is 2.24. The molecule has 1 fully saturated rings. The van der Waals surface area contributed by atoms with Gasteiger partial charge in [-0.05, 0) is 13.3 Å². The smallest absolute Gasteiger partial charge is 0.256 e. The molecule has 7 heteroatoms. The fourth-order valence-corrected chi connectivity index (χ4v) is 3.01. The van der Waals surface area contributed by atoms with Crippen molar-refractivity contribution in [1.82, 2.24) is 20.0 Å². The molecule has 1 saturated heterocycles. The van der Waals surface area contributed by atoms with Gasteiger partial charge in [-0.2, -0.15) is 5.01 Å². The molecule has 0 aromatic heterocycles. The number of carbonyl (C=O) groups excluding carboxylic acids is 1. The molecule has 7 nitrogen and oxygen atoms in total. The first-order valence-corrected chi connectivity index (χ1v) is 7.48. The summed E-state index contributed by atoms with van der Waals surface area (Å²) in [5.74, 6) is 0.0144. The molecule has 2 heterocycles. The van der Waals surface area contributed by atoms with Gasteiger partial charge in [-0.15, -0.1) is 0 Å². The Kier molecular flexibility index (Phi) is 5.09. The van der Waals surface area contributed by atoms with E-state index in [1.807, 2.05) is 13.1 Å². The van der Waals surface area contributed by atoms with Crippen LogP contribution in [0.25, 0.3) is 0 Å². The van der Waals surface area contributed by atoms with Crippen LogP contribution >= 0.6 is 0 Å². The molecule has 0 bridgehead atoms. The molecule has 2 aliphatic rings. The first-order chi connectivity index (χ1) is 9.65. The second-order valence-electron chi connectivity index (χ2n) is 5.11. The number of aliphatic imine (C=N–C) groups is 1. The summed E-state index contributed by atoms with van der Waals surface area (Å²) in [5.41, 5.74) is 6.21. The third kappa shape index (κ3) is 2.58. The van der Waals surface area contributed by atoms with Crippen LogP contribution in [0.3, 0.4) is 0 Å². The summed E-state index contributed by atoms with van der Waals surface area (Å²) < 4.78 is 0. The molecule has 0 saturated carbocycles. The second-order valence-corrected chi connectivity index (χ2v) is 5.11. The lowest BCUT2D eigenvalue weighted by Crippen LogP contribution is -2.60. The molecular formula is C13H26N6O. The Morgan fingerprint density at radius 1 is 1.40 bits per heavy atom. The number of nitrogens with zero attached hydrogens (tertiary/aromatic N) is 5. The lowest BCUT2D eigenvalue weighted by Gasteiger charge is -2.41. The van der Waals surface area contributed by atoms with Gasteiger partial charge in [0.05, 0.1) is 6.54 Å². The van der Waals surface area contributed by atoms with Crippen LogP contribution in [0.15, 0.2) is 4.99 Å². The van der Waals surface area contributed by atoms with Crippen molar-refractivity contribution in [1.29, 1.82) is 0 Å². The fourth-order valence-electron chi connectivity index (χ4n) is 3.01. The first kappa shape index (κ1) is 15.4. The number of carbonyl (C=O) groups is 1. The highest BCUT2D eigenvalue weighted by molar-refractivity contribution is 5.84. The molecule has 0 aromatic rings. The van der Waals surface area contributed by atoms with Crippen LogP contribution in [0.1, 0.15) is 27.2 Å². The Balaban J connectivity index is 2.23. The molecule has 2 N–H and O–H groups in total. The summed E-state index contributed by atoms with van der Waals surface area (Å²) in [4.78, 5) is 16.6. The normalized spacial score (nSPS) is 28.2. The Morgan fingerprint density at radius 2 is 2.15 bits per heavy atom. The summed E-state index contributed by atoms with van der Waals surface area (Å²) in [6.45, 7) is 9.94. The van der Waals surface area contributed by atoms with Crippen molar-refractivity contribution in [3.05, 3.63) is 0 Å². The van der Waals surface area contributed by atoms with Gasteiger partial charge in [0, 0.05) is 25.8 Å². The average Bonchev–Trinajstić information content (AvgIpc) is 3.05. The monoisotopic (exact) mass is 282 g/mol. The van der Waals surface area contributed by atoms with E-state index in [1.54, 1.807) is 5.01 Å². The molecule has 20 heavy (non-hydrogen) atoms. The number of likely N-dealkylation sites (N-methyl/N-ethyl adjacent to an activating group) is 2. The van der Waals surface area contributed by atoms with Crippen LogP contribution in [0.5, 0.6) is 0 Å². The van der Waals surface area contributed by atoms with Crippen molar-refractivity contribution < 1.29 is 4.79 Å². The second kappa shape index (κ2) is 6.62. The van der Waals surface area contributed by atoms with Gasteiger partial charge in [-0.1, -0.05) is 13.8 Å². The van der Waals surface area contributed by atoms with Gasteiger partial charge in [0.1, 0.15) is 18.9 Å². The molecule has 1 amide bonds. The first-order valence-electron chi connectivity index (χ1n) is 7.48. The van der Waals surface area contributed by atoms with E-state index in [0.29, 0.717) is 13.2 Å². The maximum Gasteiger partial charge on any atom is 0.256 e. The summed E-state index contributed by atoms with van der Waals surface area (Å²) in [7, 11) is 0. The predicted octanol–water partition coefficient (Wildman–Crippen LogP) is -0.290. The van der Waals surface area contributed by atoms with Crippen LogP contribution in [0.2, 0.25) is 0 Å². The molecule has 114 valence electrons. The quantitative estimate of drug-likeness (QED) is 0.725. The van der Waals surface area contributed by atoms with Crippen molar-refractivity contribution in [2.24, 2.45) is 10.7 Å². The highest BCUT2D eigenvalue weighted by Gasteiger charge is 2.47. The van der Waals surface area contributed by atoms with Gasteiger partial charge in [0.25, 0.3) is 5.91 Å². The van der Waals surface area contributed by atoms with Crippen LogP contribution in [0.4, 0.5) is 0 Å². The van der Waals surface area contributed by atoms with Gasteiger partial charge in [0.15, 0.2) is 0 Å². The largest absolute Gasteiger partial charge is 0.317 e. The number of rotatable bonds is 6. The number of hydrogen-bond acceptors (Lipinski definition) is 6. The van der Waals surface area contributed by atoms with Crippen molar-refractivity contribution in [3.63, 3.8) is 0 Å². The van der Waals surface area contributed by atoms with Crippen LogP contribution in [0, 0.1) is 0 Å². The van der Waals surface area contributed by atoms with Gasteiger partial charge in [0.2, 0.25) is 0 Å². The zero-order valence-electron chi connectivity index (χ0n) is 12.7. The molecule has 2 atom stereocenters. The topological polar surface area (TPSA) is 68.4 Å². The lowest BCUT2D eigenvalue weighted by atomic mass is 10.2. The molecule has 2 unspecified atom stereocenters. The van der Waals surface area contributed by atoms with Gasteiger partial charge < -0.3 is 5.73 Å². The van der Waals surface area contributed by atoms with Gasteiger partial charge in [-0.25, -0.2) is 10.0 Å². The minimum atomic E-state index is -0.498. The van der Waals surface area contributed by atoms with E-state index in [-0.39, 0.29) is 12.1 Å². The minimum absolute atomic E-state index is 0.0144. The van der Waals surface area contributed by atoms with E-state index in [4.69, 9.17) is 5.73 Å². The zero-order chi connectivity index (χ0) is 14.7. The summed E-state index contributed by atoms with van der Waals surface area (Å²) >= 11 is 0. The maximum absolute atomic E-state index is 12.3. The highest BCUT2D eigenvalue weighted by atomic mass is 16.2. The van der Waals surface area contributed by atoms with Crippen molar-refractivity contribution in [2.45, 2.75) is 39.4 Å². The molecule has 2 rings (SSSR count). The van der Waals surface area contributed by atoms with Crippen molar-refractivity contribution >= 4 is 12.1 Å².